The quantitative estimate of drug-likeness (QED) is 0.559. The number of amides is 1. The van der Waals surface area contributed by atoms with Gasteiger partial charge in [0.2, 0.25) is 0 Å². The van der Waals surface area contributed by atoms with Crippen LogP contribution in [0.3, 0.4) is 0 Å². The Hall–Kier alpha value is -0.930. The smallest absolute Gasteiger partial charge is 0.408 e. The number of alkyl carbamates (subject to hydrolysis) is 1. The van der Waals surface area contributed by atoms with Gasteiger partial charge in [-0.2, -0.15) is 8.42 Å². The minimum atomic E-state index is -4.32. The molecule has 0 spiro atoms. The lowest BCUT2D eigenvalue weighted by Crippen LogP contribution is -2.64. The summed E-state index contributed by atoms with van der Waals surface area (Å²) < 4.78 is 35.8. The number of nitrogens with one attached hydrogen (secondary N) is 1. The number of thiocarbonyl (C=S) groups is 1. The third-order valence-corrected chi connectivity index (χ3v) is 3.39. The van der Waals surface area contributed by atoms with Crippen molar-refractivity contribution in [2.75, 3.05) is 6.54 Å². The molecule has 1 aliphatic heterocycles. The second-order valence-electron chi connectivity index (χ2n) is 4.55. The monoisotopic (exact) mass is 282 g/mol. The second-order valence-corrected chi connectivity index (χ2v) is 6.30. The molecule has 1 saturated heterocycles. The van der Waals surface area contributed by atoms with E-state index in [4.69, 9.17) is 21.5 Å². The van der Waals surface area contributed by atoms with Gasteiger partial charge in [0, 0.05) is 0 Å². The van der Waals surface area contributed by atoms with Crippen LogP contribution in [0.15, 0.2) is 0 Å². The Kier molecular flexibility index (Phi) is 3.65. The normalized spacial score (nSPS) is 20.8. The third kappa shape index (κ3) is 3.79. The van der Waals surface area contributed by atoms with E-state index in [0.29, 0.717) is 4.31 Å². The van der Waals surface area contributed by atoms with Gasteiger partial charge in [-0.15, -0.1) is 0 Å². The van der Waals surface area contributed by atoms with Crippen LogP contribution in [0.25, 0.3) is 0 Å². The summed E-state index contributed by atoms with van der Waals surface area (Å²) in [5.41, 5.74) is -0.641. The predicted molar refractivity (Wildman–Crippen MR) is 64.0 cm³/mol. The van der Waals surface area contributed by atoms with E-state index in [0.717, 1.165) is 0 Å². The number of rotatable bonds is 2. The molecule has 0 aliphatic carbocycles. The zero-order valence-corrected chi connectivity index (χ0v) is 11.3. The Morgan fingerprint density at radius 3 is 2.47 bits per heavy atom. The highest BCUT2D eigenvalue weighted by atomic mass is 32.2. The van der Waals surface area contributed by atoms with E-state index in [2.05, 4.69) is 5.32 Å². The van der Waals surface area contributed by atoms with Crippen LogP contribution in [-0.2, 0) is 15.0 Å². The van der Waals surface area contributed by atoms with Crippen LogP contribution in [0.2, 0.25) is 0 Å². The summed E-state index contributed by atoms with van der Waals surface area (Å²) in [4.78, 5) is 11.3. The summed E-state index contributed by atoms with van der Waals surface area (Å²) >= 11 is 4.75. The van der Waals surface area contributed by atoms with Crippen LogP contribution in [0.5, 0.6) is 0 Å². The van der Waals surface area contributed by atoms with Crippen LogP contribution < -0.4 is 5.32 Å². The van der Waals surface area contributed by atoms with Crippen molar-refractivity contribution in [3.05, 3.63) is 0 Å². The van der Waals surface area contributed by atoms with Crippen molar-refractivity contribution in [2.24, 2.45) is 0 Å². The summed E-state index contributed by atoms with van der Waals surface area (Å²) in [6.45, 7) is 5.03. The lowest BCUT2D eigenvalue weighted by Gasteiger charge is -2.38. The first-order valence-corrected chi connectivity index (χ1v) is 6.60. The van der Waals surface area contributed by atoms with Crippen molar-refractivity contribution in [3.63, 3.8) is 0 Å². The molecule has 2 N–H and O–H groups in total. The average molecular weight is 282 g/mol. The maximum Gasteiger partial charge on any atom is 0.408 e. The van der Waals surface area contributed by atoms with E-state index < -0.39 is 28.0 Å². The van der Waals surface area contributed by atoms with Gasteiger partial charge in [-0.25, -0.2) is 9.10 Å². The Bertz CT molecular complexity index is 439. The van der Waals surface area contributed by atoms with Crippen LogP contribution >= 0.6 is 12.2 Å². The van der Waals surface area contributed by atoms with Crippen LogP contribution in [0, 0.1) is 0 Å². The molecule has 1 rings (SSSR count). The van der Waals surface area contributed by atoms with Crippen LogP contribution in [0.4, 0.5) is 4.79 Å². The Morgan fingerprint density at radius 2 is 2.12 bits per heavy atom. The highest BCUT2D eigenvalue weighted by Gasteiger charge is 2.41. The lowest BCUT2D eigenvalue weighted by molar-refractivity contribution is 0.0506. The number of carbonyl (C=O) groups excluding carboxylic acids is 1. The fourth-order valence-electron chi connectivity index (χ4n) is 1.16. The molecule has 0 aromatic rings. The molecular weight excluding hydrogens is 268 g/mol. The van der Waals surface area contributed by atoms with E-state index >= 15 is 0 Å². The maximum atomic E-state index is 11.3. The zero-order valence-electron chi connectivity index (χ0n) is 9.63. The molecule has 1 aliphatic rings. The molecule has 0 saturated carbocycles. The highest BCUT2D eigenvalue weighted by Crippen LogP contribution is 2.17. The van der Waals surface area contributed by atoms with E-state index in [1.165, 1.54) is 0 Å². The minimum absolute atomic E-state index is 0.0571. The molecule has 0 aromatic carbocycles. The molecule has 1 fully saturated rings. The van der Waals surface area contributed by atoms with Crippen molar-refractivity contribution < 1.29 is 22.5 Å². The molecular formula is C8H14N2O5S2. The highest BCUT2D eigenvalue weighted by molar-refractivity contribution is 7.87. The predicted octanol–water partition coefficient (Wildman–Crippen LogP) is 0.326. The van der Waals surface area contributed by atoms with Crippen molar-refractivity contribution in [1.29, 1.82) is 0 Å². The number of carbonyl (C=O) groups is 1. The van der Waals surface area contributed by atoms with Gasteiger partial charge in [-0.1, -0.05) is 12.2 Å². The molecule has 1 atom stereocenters. The summed E-state index contributed by atoms with van der Waals surface area (Å²) in [5.74, 6) is 0. The first kappa shape index (κ1) is 14.1. The summed E-state index contributed by atoms with van der Waals surface area (Å²) in [7, 11) is -4.32. The molecule has 1 heterocycles. The molecule has 1 amide bonds. The Labute approximate surface area is 105 Å². The fraction of sp³-hybridized carbons (Fsp3) is 0.750. The standard InChI is InChI=1S/C8H14N2O5S2/c1-8(2,3)15-7(11)9-5-4-10(6(5)16)17(12,13)14/h5H,4H2,1-3H3,(H,9,11)(H,12,13,14)/t5-/m0/s1. The summed E-state index contributed by atoms with van der Waals surface area (Å²) in [5, 5.41) is 2.41. The maximum absolute atomic E-state index is 11.3. The summed E-state index contributed by atoms with van der Waals surface area (Å²) in [6, 6.07) is -0.609. The molecule has 0 aromatic heterocycles. The van der Waals surface area contributed by atoms with Gasteiger partial charge in [0.15, 0.2) is 0 Å². The van der Waals surface area contributed by atoms with Gasteiger partial charge in [-0.3, -0.25) is 4.55 Å². The molecule has 7 nitrogen and oxygen atoms in total. The lowest BCUT2D eigenvalue weighted by atomic mass is 10.2. The van der Waals surface area contributed by atoms with Crippen molar-refractivity contribution in [2.45, 2.75) is 32.4 Å². The van der Waals surface area contributed by atoms with Crippen molar-refractivity contribution in [3.8, 4) is 0 Å². The Morgan fingerprint density at radius 1 is 1.59 bits per heavy atom. The van der Waals surface area contributed by atoms with Crippen molar-refractivity contribution in [1.82, 2.24) is 9.62 Å². The van der Waals surface area contributed by atoms with Gasteiger partial charge in [0.05, 0.1) is 6.54 Å². The SMILES string of the molecule is CC(C)(C)OC(=O)N[C@H]1CN(S(=O)(=O)O)C1=S. The van der Waals surface area contributed by atoms with Gasteiger partial charge >= 0.3 is 16.4 Å². The van der Waals surface area contributed by atoms with Gasteiger partial charge in [-0.05, 0) is 20.8 Å². The molecule has 0 bridgehead atoms. The number of nitrogens with zero attached hydrogens (tertiary/aromatic N) is 1. The van der Waals surface area contributed by atoms with Crippen LogP contribution in [-0.4, -0.2) is 46.5 Å². The molecule has 98 valence electrons. The fourth-order valence-corrected chi connectivity index (χ4v) is 2.34. The van der Waals surface area contributed by atoms with Crippen LogP contribution in [0.1, 0.15) is 20.8 Å². The van der Waals surface area contributed by atoms with Gasteiger partial charge in [0.1, 0.15) is 16.6 Å². The van der Waals surface area contributed by atoms with Gasteiger partial charge < -0.3 is 10.1 Å². The van der Waals surface area contributed by atoms with E-state index in [1.807, 2.05) is 0 Å². The Balaban J connectivity index is 2.48. The first-order valence-electron chi connectivity index (χ1n) is 4.79. The van der Waals surface area contributed by atoms with E-state index in [9.17, 15) is 13.2 Å². The summed E-state index contributed by atoms with van der Waals surface area (Å²) in [6.07, 6.45) is -0.681. The average Bonchev–Trinajstić information content (AvgIpc) is 2.05. The second kappa shape index (κ2) is 4.39. The number of hydrogen-bond donors (Lipinski definition) is 2. The number of hydrogen-bond acceptors (Lipinski definition) is 5. The largest absolute Gasteiger partial charge is 0.444 e. The van der Waals surface area contributed by atoms with E-state index in [-0.39, 0.29) is 11.5 Å². The zero-order chi connectivity index (χ0) is 13.4. The molecule has 0 unspecified atom stereocenters. The van der Waals surface area contributed by atoms with Crippen molar-refractivity contribution >= 4 is 33.6 Å². The molecule has 17 heavy (non-hydrogen) atoms. The topological polar surface area (TPSA) is 95.9 Å². The number of ether oxygens (including phenoxy) is 1. The third-order valence-electron chi connectivity index (χ3n) is 1.86. The first-order chi connectivity index (χ1) is 7.50. The molecule has 9 heteroatoms. The molecule has 0 radical (unpaired) electrons. The van der Waals surface area contributed by atoms with E-state index in [1.54, 1.807) is 20.8 Å². The van der Waals surface area contributed by atoms with Gasteiger partial charge in [0.25, 0.3) is 0 Å². The minimum Gasteiger partial charge on any atom is -0.444 e.